The molecule has 3 nitrogen and oxygen atoms in total. The van der Waals surface area contributed by atoms with Crippen molar-refractivity contribution in [3.63, 3.8) is 0 Å². The van der Waals surface area contributed by atoms with Crippen LogP contribution in [0.1, 0.15) is 13.8 Å². The lowest BCUT2D eigenvalue weighted by Gasteiger charge is -2.04. The molecule has 0 saturated heterocycles. The topological polar surface area (TPSA) is 37.8 Å². The van der Waals surface area contributed by atoms with Crippen LogP contribution >= 0.6 is 11.9 Å². The van der Waals surface area contributed by atoms with E-state index in [1.54, 1.807) is 12.5 Å². The Labute approximate surface area is 70.8 Å². The Morgan fingerprint density at radius 1 is 1.55 bits per heavy atom. The fourth-order valence-electron chi connectivity index (χ4n) is 0.517. The van der Waals surface area contributed by atoms with Crippen molar-refractivity contribution < 1.29 is 0 Å². The molecule has 0 aliphatic carbocycles. The van der Waals surface area contributed by atoms with Gasteiger partial charge in [-0.15, -0.1) is 0 Å². The first-order valence-electron chi connectivity index (χ1n) is 3.47. The Balaban J connectivity index is 2.39. The van der Waals surface area contributed by atoms with Crippen LogP contribution in [-0.2, 0) is 0 Å². The molecule has 0 saturated carbocycles. The molecule has 1 aromatic rings. The third-order valence-electron chi connectivity index (χ3n) is 0.954. The third kappa shape index (κ3) is 3.34. The molecule has 0 bridgehead atoms. The zero-order valence-electron chi connectivity index (χ0n) is 6.61. The van der Waals surface area contributed by atoms with Gasteiger partial charge in [-0.3, -0.25) is 4.72 Å². The molecule has 0 aliphatic heterocycles. The van der Waals surface area contributed by atoms with Crippen LogP contribution < -0.4 is 4.72 Å². The van der Waals surface area contributed by atoms with Gasteiger partial charge in [-0.2, -0.15) is 0 Å². The summed E-state index contributed by atoms with van der Waals surface area (Å²) in [4.78, 5) is 7.86. The Bertz CT molecular complexity index is 200. The van der Waals surface area contributed by atoms with Crippen molar-refractivity contribution in [2.24, 2.45) is 0 Å². The minimum atomic E-state index is 0.468. The second-order valence-electron chi connectivity index (χ2n) is 2.42. The van der Waals surface area contributed by atoms with Gasteiger partial charge in [0, 0.05) is 12.2 Å². The van der Waals surface area contributed by atoms with Crippen LogP contribution in [-0.4, -0.2) is 16.0 Å². The second kappa shape index (κ2) is 4.31. The quantitative estimate of drug-likeness (QED) is 0.549. The minimum absolute atomic E-state index is 0.468. The maximum absolute atomic E-state index is 4.04. The zero-order valence-corrected chi connectivity index (χ0v) is 7.43. The predicted octanol–water partition coefficient (Wildman–Crippen LogP) is 1.48. The highest BCUT2D eigenvalue weighted by molar-refractivity contribution is 7.97. The largest absolute Gasteiger partial charge is 0.256 e. The minimum Gasteiger partial charge on any atom is -0.256 e. The predicted molar refractivity (Wildman–Crippen MR) is 46.2 cm³/mol. The molecule has 0 spiro atoms. The van der Waals surface area contributed by atoms with Gasteiger partial charge < -0.3 is 0 Å². The maximum Gasteiger partial charge on any atom is 0.116 e. The number of nitrogens with one attached hydrogen (secondary N) is 1. The van der Waals surface area contributed by atoms with Crippen LogP contribution in [0.4, 0.5) is 0 Å². The van der Waals surface area contributed by atoms with Crippen LogP contribution in [0.2, 0.25) is 0 Å². The van der Waals surface area contributed by atoms with E-state index in [9.17, 15) is 0 Å². The highest BCUT2D eigenvalue weighted by atomic mass is 32.2. The highest BCUT2D eigenvalue weighted by Gasteiger charge is 1.94. The molecule has 11 heavy (non-hydrogen) atoms. The van der Waals surface area contributed by atoms with Crippen LogP contribution in [0.25, 0.3) is 0 Å². The van der Waals surface area contributed by atoms with E-state index in [0.717, 1.165) is 5.03 Å². The molecule has 0 radical (unpaired) electrons. The second-order valence-corrected chi connectivity index (χ2v) is 3.28. The first kappa shape index (κ1) is 8.49. The van der Waals surface area contributed by atoms with Crippen molar-refractivity contribution in [2.75, 3.05) is 0 Å². The fraction of sp³-hybridized carbons (Fsp3) is 0.429. The monoisotopic (exact) mass is 169 g/mol. The van der Waals surface area contributed by atoms with Gasteiger partial charge in [-0.1, -0.05) is 0 Å². The third-order valence-corrected chi connectivity index (χ3v) is 1.99. The number of aromatic nitrogens is 2. The highest BCUT2D eigenvalue weighted by Crippen LogP contribution is 2.08. The van der Waals surface area contributed by atoms with E-state index in [0.29, 0.717) is 6.04 Å². The molecule has 0 fully saturated rings. The SMILES string of the molecule is CC(C)NSc1ccncn1. The Morgan fingerprint density at radius 3 is 2.91 bits per heavy atom. The summed E-state index contributed by atoms with van der Waals surface area (Å²) in [5.41, 5.74) is 0. The molecule has 0 atom stereocenters. The Morgan fingerprint density at radius 2 is 2.36 bits per heavy atom. The van der Waals surface area contributed by atoms with Crippen LogP contribution in [0.5, 0.6) is 0 Å². The lowest BCUT2D eigenvalue weighted by Crippen LogP contribution is -2.13. The number of rotatable bonds is 3. The van der Waals surface area contributed by atoms with E-state index in [-0.39, 0.29) is 0 Å². The molecular weight excluding hydrogens is 158 g/mol. The van der Waals surface area contributed by atoms with Gasteiger partial charge in [0.25, 0.3) is 0 Å². The molecule has 1 N–H and O–H groups in total. The molecule has 0 aromatic carbocycles. The lowest BCUT2D eigenvalue weighted by molar-refractivity contribution is 0.769. The molecular formula is C7H11N3S. The molecule has 1 heterocycles. The Hall–Kier alpha value is -0.610. The van der Waals surface area contributed by atoms with Gasteiger partial charge in [0.15, 0.2) is 0 Å². The fourth-order valence-corrected chi connectivity index (χ4v) is 1.10. The summed E-state index contributed by atoms with van der Waals surface area (Å²) in [6.07, 6.45) is 3.28. The first-order valence-corrected chi connectivity index (χ1v) is 4.29. The van der Waals surface area contributed by atoms with Gasteiger partial charge in [-0.05, 0) is 31.9 Å². The zero-order chi connectivity index (χ0) is 8.10. The molecule has 0 amide bonds. The van der Waals surface area contributed by atoms with Crippen molar-refractivity contribution in [1.82, 2.24) is 14.7 Å². The van der Waals surface area contributed by atoms with Crippen molar-refractivity contribution in [3.8, 4) is 0 Å². The van der Waals surface area contributed by atoms with Gasteiger partial charge in [0.2, 0.25) is 0 Å². The van der Waals surface area contributed by atoms with E-state index < -0.39 is 0 Å². The summed E-state index contributed by atoms with van der Waals surface area (Å²) in [7, 11) is 0. The summed E-state index contributed by atoms with van der Waals surface area (Å²) in [5, 5.41) is 0.953. The van der Waals surface area contributed by atoms with Gasteiger partial charge in [0.1, 0.15) is 11.4 Å². The van der Waals surface area contributed by atoms with Gasteiger partial charge >= 0.3 is 0 Å². The average Bonchev–Trinajstić information content (AvgIpc) is 2.03. The van der Waals surface area contributed by atoms with Gasteiger partial charge in [-0.25, -0.2) is 9.97 Å². The summed E-state index contributed by atoms with van der Waals surface area (Å²) >= 11 is 1.53. The van der Waals surface area contributed by atoms with E-state index in [2.05, 4.69) is 28.5 Å². The average molecular weight is 169 g/mol. The lowest BCUT2D eigenvalue weighted by atomic mass is 10.4. The summed E-state index contributed by atoms with van der Waals surface area (Å²) < 4.78 is 3.19. The summed E-state index contributed by atoms with van der Waals surface area (Å²) in [6.45, 7) is 4.18. The summed E-state index contributed by atoms with van der Waals surface area (Å²) in [6, 6.07) is 2.34. The van der Waals surface area contributed by atoms with Crippen LogP contribution in [0, 0.1) is 0 Å². The van der Waals surface area contributed by atoms with Crippen molar-refractivity contribution in [2.45, 2.75) is 24.9 Å². The number of hydrogen-bond acceptors (Lipinski definition) is 4. The van der Waals surface area contributed by atoms with Crippen LogP contribution in [0.15, 0.2) is 23.6 Å². The normalized spacial score (nSPS) is 10.5. The van der Waals surface area contributed by atoms with Crippen molar-refractivity contribution in [1.29, 1.82) is 0 Å². The standard InChI is InChI=1S/C7H11N3S/c1-6(2)10-11-7-3-4-8-5-9-7/h3-6,10H,1-2H3. The smallest absolute Gasteiger partial charge is 0.116 e. The first-order chi connectivity index (χ1) is 5.29. The molecule has 4 heteroatoms. The number of nitrogens with zero attached hydrogens (tertiary/aromatic N) is 2. The van der Waals surface area contributed by atoms with E-state index in [1.807, 2.05) is 6.07 Å². The van der Waals surface area contributed by atoms with Crippen molar-refractivity contribution >= 4 is 11.9 Å². The maximum atomic E-state index is 4.04. The van der Waals surface area contributed by atoms with E-state index in [4.69, 9.17) is 0 Å². The number of hydrogen-bond donors (Lipinski definition) is 1. The van der Waals surface area contributed by atoms with Crippen molar-refractivity contribution in [3.05, 3.63) is 18.6 Å². The molecule has 1 aromatic heterocycles. The molecule has 0 aliphatic rings. The van der Waals surface area contributed by atoms with Crippen LogP contribution in [0.3, 0.4) is 0 Å². The Kier molecular flexibility index (Phi) is 3.32. The molecule has 0 unspecified atom stereocenters. The van der Waals surface area contributed by atoms with E-state index >= 15 is 0 Å². The summed E-state index contributed by atoms with van der Waals surface area (Å²) in [5.74, 6) is 0. The molecule has 60 valence electrons. The van der Waals surface area contributed by atoms with Gasteiger partial charge in [0.05, 0.1) is 0 Å². The molecule has 1 rings (SSSR count). The van der Waals surface area contributed by atoms with E-state index in [1.165, 1.54) is 11.9 Å².